The van der Waals surface area contributed by atoms with E-state index in [1.807, 2.05) is 18.3 Å². The van der Waals surface area contributed by atoms with Crippen molar-refractivity contribution in [2.24, 2.45) is 0 Å². The molecule has 4 rings (SSSR count). The number of nitrogens with zero attached hydrogens (tertiary/aromatic N) is 3. The second-order valence-corrected chi connectivity index (χ2v) is 7.66. The topological polar surface area (TPSA) is 33.1 Å². The molecule has 1 N–H and O–H groups in total. The van der Waals surface area contributed by atoms with Crippen molar-refractivity contribution < 1.29 is 0 Å². The van der Waals surface area contributed by atoms with Crippen molar-refractivity contribution in [3.05, 3.63) is 83.9 Å². The molecule has 27 heavy (non-hydrogen) atoms. The highest BCUT2D eigenvalue weighted by Gasteiger charge is 2.42. The summed E-state index contributed by atoms with van der Waals surface area (Å²) in [6, 6.07) is 19.2. The minimum absolute atomic E-state index is 0.00777. The van der Waals surface area contributed by atoms with E-state index in [1.165, 1.54) is 11.3 Å². The molecule has 1 aliphatic rings. The number of aromatic nitrogens is 2. The number of hydrogen-bond donors (Lipinski definition) is 1. The molecule has 0 amide bonds. The van der Waals surface area contributed by atoms with Crippen LogP contribution < -0.4 is 10.2 Å². The monoisotopic (exact) mass is 376 g/mol. The molecule has 0 aliphatic carbocycles. The van der Waals surface area contributed by atoms with Gasteiger partial charge in [0.05, 0.1) is 11.7 Å². The summed E-state index contributed by atoms with van der Waals surface area (Å²) in [6.07, 6.45) is 3.99. The number of benzene rings is 1. The number of pyridine rings is 1. The van der Waals surface area contributed by atoms with Gasteiger partial charge in [0, 0.05) is 29.8 Å². The highest BCUT2D eigenvalue weighted by molar-refractivity contribution is 7.80. The van der Waals surface area contributed by atoms with Crippen molar-refractivity contribution in [1.82, 2.24) is 14.9 Å². The molecule has 0 unspecified atom stereocenters. The van der Waals surface area contributed by atoms with E-state index in [0.29, 0.717) is 6.04 Å². The molecule has 1 fully saturated rings. The highest BCUT2D eigenvalue weighted by atomic mass is 32.1. The Balaban J connectivity index is 1.87. The number of thiocarbonyl (C=S) groups is 1. The van der Waals surface area contributed by atoms with Crippen molar-refractivity contribution in [1.29, 1.82) is 0 Å². The Morgan fingerprint density at radius 1 is 1.07 bits per heavy atom. The van der Waals surface area contributed by atoms with Gasteiger partial charge in [-0.15, -0.1) is 0 Å². The standard InChI is InChI=1S/C22H24N4S/c1-15(2)25-13-7-11-19(25)21-20(18-10-4-5-12-23-18)24-22(27)26(21)17-9-6-8-16(3)14-17/h4-15,20-21H,1-3H3,(H,24,27)/t20-,21-/m0/s1. The first kappa shape index (κ1) is 17.7. The lowest BCUT2D eigenvalue weighted by Crippen LogP contribution is -2.30. The van der Waals surface area contributed by atoms with Gasteiger partial charge in [-0.1, -0.05) is 18.2 Å². The summed E-state index contributed by atoms with van der Waals surface area (Å²) >= 11 is 5.78. The van der Waals surface area contributed by atoms with Crippen LogP contribution in [0.25, 0.3) is 0 Å². The molecule has 2 atom stereocenters. The minimum atomic E-state index is -0.00777. The first-order chi connectivity index (χ1) is 13.1. The second kappa shape index (κ2) is 7.16. The maximum Gasteiger partial charge on any atom is 0.174 e. The molecule has 1 aliphatic heterocycles. The van der Waals surface area contributed by atoms with Crippen LogP contribution in [0, 0.1) is 6.92 Å². The summed E-state index contributed by atoms with van der Waals surface area (Å²) in [5.74, 6) is 0. The SMILES string of the molecule is Cc1cccc(N2C(=S)N[C@@H](c3ccccn3)[C@@H]2c2cccn2C(C)C)c1. The van der Waals surface area contributed by atoms with E-state index in [1.54, 1.807) is 0 Å². The Morgan fingerprint density at radius 3 is 2.63 bits per heavy atom. The van der Waals surface area contributed by atoms with Crippen molar-refractivity contribution in [2.75, 3.05) is 4.90 Å². The van der Waals surface area contributed by atoms with Crippen LogP contribution in [0.4, 0.5) is 5.69 Å². The summed E-state index contributed by atoms with van der Waals surface area (Å²) < 4.78 is 2.32. The van der Waals surface area contributed by atoms with Gasteiger partial charge in [-0.25, -0.2) is 0 Å². The lowest BCUT2D eigenvalue weighted by Gasteiger charge is -2.30. The third-order valence-electron chi connectivity index (χ3n) is 5.05. The van der Waals surface area contributed by atoms with Crippen LogP contribution in [0.5, 0.6) is 0 Å². The lowest BCUT2D eigenvalue weighted by atomic mass is 10.0. The average molecular weight is 377 g/mol. The zero-order valence-electron chi connectivity index (χ0n) is 15.8. The zero-order chi connectivity index (χ0) is 19.0. The fraction of sp³-hybridized carbons (Fsp3) is 0.273. The molecule has 0 spiro atoms. The molecule has 3 heterocycles. The third-order valence-corrected chi connectivity index (χ3v) is 5.36. The van der Waals surface area contributed by atoms with E-state index >= 15 is 0 Å². The van der Waals surface area contributed by atoms with Crippen LogP contribution in [-0.2, 0) is 0 Å². The molecular weight excluding hydrogens is 352 g/mol. The van der Waals surface area contributed by atoms with Crippen LogP contribution in [0.1, 0.15) is 48.9 Å². The van der Waals surface area contributed by atoms with Gasteiger partial charge in [0.1, 0.15) is 6.04 Å². The number of hydrogen-bond acceptors (Lipinski definition) is 2. The first-order valence-electron chi connectivity index (χ1n) is 9.30. The molecule has 1 saturated heterocycles. The van der Waals surface area contributed by atoms with Crippen LogP contribution in [-0.4, -0.2) is 14.7 Å². The molecular formula is C22H24N4S. The quantitative estimate of drug-likeness (QED) is 0.653. The summed E-state index contributed by atoms with van der Waals surface area (Å²) in [5, 5.41) is 4.26. The van der Waals surface area contributed by atoms with Crippen LogP contribution in [0.15, 0.2) is 67.0 Å². The third kappa shape index (κ3) is 3.23. The van der Waals surface area contributed by atoms with Gasteiger partial charge in [-0.05, 0) is 75.0 Å². The molecule has 3 aromatic rings. The maximum atomic E-state index is 5.78. The second-order valence-electron chi connectivity index (χ2n) is 7.27. The molecule has 1 aromatic carbocycles. The minimum Gasteiger partial charge on any atom is -0.351 e. The van der Waals surface area contributed by atoms with Crippen molar-refractivity contribution in [3.8, 4) is 0 Å². The van der Waals surface area contributed by atoms with Crippen molar-refractivity contribution in [2.45, 2.75) is 38.9 Å². The van der Waals surface area contributed by atoms with Gasteiger partial charge in [0.15, 0.2) is 5.11 Å². The number of anilines is 1. The fourth-order valence-electron chi connectivity index (χ4n) is 3.84. The summed E-state index contributed by atoms with van der Waals surface area (Å²) in [5.41, 5.74) is 4.55. The van der Waals surface area contributed by atoms with Gasteiger partial charge < -0.3 is 14.8 Å². The fourth-order valence-corrected chi connectivity index (χ4v) is 4.19. The van der Waals surface area contributed by atoms with Gasteiger partial charge in [0.25, 0.3) is 0 Å². The molecule has 5 heteroatoms. The first-order valence-corrected chi connectivity index (χ1v) is 9.71. The Labute approximate surface area is 165 Å². The van der Waals surface area contributed by atoms with Crippen molar-refractivity contribution in [3.63, 3.8) is 0 Å². The molecule has 0 bridgehead atoms. The normalized spacial score (nSPS) is 19.6. The number of nitrogens with one attached hydrogen (secondary N) is 1. The van der Waals surface area contributed by atoms with E-state index in [0.717, 1.165) is 16.5 Å². The predicted octanol–water partition coefficient (Wildman–Crippen LogP) is 4.95. The van der Waals surface area contributed by atoms with E-state index in [2.05, 4.69) is 89.2 Å². The van der Waals surface area contributed by atoms with Crippen molar-refractivity contribution >= 4 is 23.0 Å². The van der Waals surface area contributed by atoms with Crippen LogP contribution in [0.3, 0.4) is 0 Å². The number of aryl methyl sites for hydroxylation is 1. The van der Waals surface area contributed by atoms with Gasteiger partial charge in [-0.2, -0.15) is 0 Å². The Hall–Kier alpha value is -2.66. The lowest BCUT2D eigenvalue weighted by molar-refractivity contribution is 0.497. The summed E-state index contributed by atoms with van der Waals surface area (Å²) in [7, 11) is 0. The van der Waals surface area contributed by atoms with E-state index < -0.39 is 0 Å². The van der Waals surface area contributed by atoms with E-state index in [9.17, 15) is 0 Å². The van der Waals surface area contributed by atoms with E-state index in [4.69, 9.17) is 12.2 Å². The Kier molecular flexibility index (Phi) is 4.70. The molecule has 2 aromatic heterocycles. The van der Waals surface area contributed by atoms with Gasteiger partial charge in [0.2, 0.25) is 0 Å². The van der Waals surface area contributed by atoms with Crippen LogP contribution in [0.2, 0.25) is 0 Å². The average Bonchev–Trinajstić information content (AvgIpc) is 3.26. The highest BCUT2D eigenvalue weighted by Crippen LogP contribution is 2.42. The molecule has 138 valence electrons. The molecule has 0 radical (unpaired) electrons. The molecule has 0 saturated carbocycles. The van der Waals surface area contributed by atoms with E-state index in [-0.39, 0.29) is 12.1 Å². The summed E-state index contributed by atoms with van der Waals surface area (Å²) in [4.78, 5) is 6.85. The van der Waals surface area contributed by atoms with Gasteiger partial charge in [-0.3, -0.25) is 4.98 Å². The van der Waals surface area contributed by atoms with Gasteiger partial charge >= 0.3 is 0 Å². The largest absolute Gasteiger partial charge is 0.351 e. The summed E-state index contributed by atoms with van der Waals surface area (Å²) in [6.45, 7) is 6.52. The smallest absolute Gasteiger partial charge is 0.174 e. The Bertz CT molecular complexity index is 948. The maximum absolute atomic E-state index is 5.78. The zero-order valence-corrected chi connectivity index (χ0v) is 16.6. The molecule has 4 nitrogen and oxygen atoms in total. The predicted molar refractivity (Wildman–Crippen MR) is 114 cm³/mol. The number of rotatable bonds is 4. The Morgan fingerprint density at radius 2 is 1.93 bits per heavy atom. The van der Waals surface area contributed by atoms with Crippen LogP contribution >= 0.6 is 12.2 Å².